The smallest absolute Gasteiger partial charge is 0.274 e. The molecule has 8 nitrogen and oxygen atoms in total. The Hall–Kier alpha value is -2.94. The van der Waals surface area contributed by atoms with Gasteiger partial charge in [0.25, 0.3) is 5.91 Å². The number of thiophene rings is 1. The first-order valence-electron chi connectivity index (χ1n) is 6.21. The van der Waals surface area contributed by atoms with Crippen molar-refractivity contribution in [2.45, 2.75) is 0 Å². The lowest BCUT2D eigenvalue weighted by molar-refractivity contribution is 0.102. The zero-order chi connectivity index (χ0) is 15.5. The second-order valence-electron chi connectivity index (χ2n) is 4.22. The fourth-order valence-corrected chi connectivity index (χ4v) is 2.42. The topological polar surface area (TPSA) is 113 Å². The number of amides is 1. The molecular weight excluding hydrogens is 306 g/mol. The van der Waals surface area contributed by atoms with Crippen LogP contribution in [0, 0.1) is 0 Å². The van der Waals surface area contributed by atoms with Gasteiger partial charge >= 0.3 is 0 Å². The molecule has 0 radical (unpaired) electrons. The van der Waals surface area contributed by atoms with Crippen molar-refractivity contribution < 1.29 is 9.53 Å². The lowest BCUT2D eigenvalue weighted by Gasteiger charge is -2.02. The zero-order valence-electron chi connectivity index (χ0n) is 11.4. The monoisotopic (exact) mass is 317 g/mol. The first-order chi connectivity index (χ1) is 10.7. The Morgan fingerprint density at radius 3 is 3.00 bits per heavy atom. The van der Waals surface area contributed by atoms with Crippen LogP contribution in [0.2, 0.25) is 0 Å². The number of carbonyl (C=O) groups is 1. The summed E-state index contributed by atoms with van der Waals surface area (Å²) in [4.78, 5) is 31.4. The molecule has 3 aromatic rings. The normalized spacial score (nSPS) is 10.4. The van der Waals surface area contributed by atoms with Crippen LogP contribution in [0.4, 0.5) is 5.95 Å². The van der Waals surface area contributed by atoms with Crippen molar-refractivity contribution in [3.63, 3.8) is 0 Å². The van der Waals surface area contributed by atoms with E-state index < -0.39 is 5.91 Å². The van der Waals surface area contributed by atoms with E-state index in [0.29, 0.717) is 5.82 Å². The highest BCUT2D eigenvalue weighted by Gasteiger charge is 2.13. The van der Waals surface area contributed by atoms with Gasteiger partial charge in [0.2, 0.25) is 11.4 Å². The summed E-state index contributed by atoms with van der Waals surface area (Å²) >= 11 is 1.50. The van der Waals surface area contributed by atoms with Crippen LogP contribution in [-0.2, 0) is 0 Å². The molecular formula is C13H11N5O3S. The Morgan fingerprint density at radius 2 is 2.32 bits per heavy atom. The Balaban J connectivity index is 1.77. The van der Waals surface area contributed by atoms with Crippen molar-refractivity contribution in [1.29, 1.82) is 0 Å². The number of hydrogen-bond donors (Lipinski definition) is 3. The maximum Gasteiger partial charge on any atom is 0.274 e. The molecule has 3 aromatic heterocycles. The Kier molecular flexibility index (Phi) is 3.71. The van der Waals surface area contributed by atoms with Gasteiger partial charge in [0.15, 0.2) is 11.6 Å². The molecule has 0 saturated heterocycles. The molecule has 0 atom stereocenters. The minimum absolute atomic E-state index is 0.0910. The van der Waals surface area contributed by atoms with Crippen molar-refractivity contribution in [2.75, 3.05) is 12.4 Å². The average Bonchev–Trinajstić information content (AvgIpc) is 3.17. The minimum Gasteiger partial charge on any atom is -0.491 e. The number of nitrogens with one attached hydrogen (secondary N) is 3. The molecule has 0 spiro atoms. The van der Waals surface area contributed by atoms with Gasteiger partial charge in [-0.2, -0.15) is 4.98 Å². The average molecular weight is 317 g/mol. The molecule has 0 aliphatic heterocycles. The van der Waals surface area contributed by atoms with Crippen LogP contribution in [0.3, 0.4) is 0 Å². The van der Waals surface area contributed by atoms with Gasteiger partial charge in [-0.1, -0.05) is 6.07 Å². The SMILES string of the molecule is COc1c[nH]c(C(=O)Nc2n[nH]c(-c3cccs3)n2)cc1=O. The number of carbonyl (C=O) groups excluding carboxylic acids is 1. The van der Waals surface area contributed by atoms with Gasteiger partial charge in [-0.15, -0.1) is 16.4 Å². The predicted molar refractivity (Wildman–Crippen MR) is 81.3 cm³/mol. The van der Waals surface area contributed by atoms with Crippen molar-refractivity contribution in [2.24, 2.45) is 0 Å². The van der Waals surface area contributed by atoms with E-state index in [0.717, 1.165) is 10.9 Å². The van der Waals surface area contributed by atoms with Gasteiger partial charge in [0.05, 0.1) is 12.0 Å². The highest BCUT2D eigenvalue weighted by molar-refractivity contribution is 7.13. The van der Waals surface area contributed by atoms with Crippen molar-refractivity contribution in [1.82, 2.24) is 20.2 Å². The maximum atomic E-state index is 12.0. The van der Waals surface area contributed by atoms with Crippen LogP contribution in [0.25, 0.3) is 10.7 Å². The van der Waals surface area contributed by atoms with Crippen LogP contribution < -0.4 is 15.5 Å². The molecule has 0 fully saturated rings. The summed E-state index contributed by atoms with van der Waals surface area (Å²) in [5.74, 6) is 0.310. The molecule has 0 aliphatic carbocycles. The molecule has 0 unspecified atom stereocenters. The minimum atomic E-state index is -0.517. The molecule has 0 bridgehead atoms. The lowest BCUT2D eigenvalue weighted by atomic mass is 10.3. The molecule has 0 aromatic carbocycles. The van der Waals surface area contributed by atoms with E-state index in [1.54, 1.807) is 0 Å². The fraction of sp³-hybridized carbons (Fsp3) is 0.0769. The third-order valence-corrected chi connectivity index (χ3v) is 3.68. The number of nitrogens with zero attached hydrogens (tertiary/aromatic N) is 2. The molecule has 1 amide bonds. The first-order valence-corrected chi connectivity index (χ1v) is 7.09. The van der Waals surface area contributed by atoms with Crippen molar-refractivity contribution >= 4 is 23.2 Å². The van der Waals surface area contributed by atoms with Crippen LogP contribution in [0.1, 0.15) is 10.5 Å². The maximum absolute atomic E-state index is 12.0. The number of aromatic amines is 2. The molecule has 3 N–H and O–H groups in total. The number of aromatic nitrogens is 4. The summed E-state index contributed by atoms with van der Waals surface area (Å²) in [6.07, 6.45) is 1.33. The molecule has 22 heavy (non-hydrogen) atoms. The summed E-state index contributed by atoms with van der Waals surface area (Å²) in [5.41, 5.74) is -0.297. The van der Waals surface area contributed by atoms with E-state index in [4.69, 9.17) is 4.74 Å². The molecule has 9 heteroatoms. The molecule has 3 heterocycles. The highest BCUT2D eigenvalue weighted by atomic mass is 32.1. The zero-order valence-corrected chi connectivity index (χ0v) is 12.2. The standard InChI is InChI=1S/C13H11N5O3S/c1-21-9-6-14-7(5-8(9)19)12(20)16-13-15-11(17-18-13)10-3-2-4-22-10/h2-6H,1H3,(H,14,19)(H2,15,16,17,18,20). The van der Waals surface area contributed by atoms with Crippen LogP contribution >= 0.6 is 11.3 Å². The number of anilines is 1. The molecule has 0 aliphatic rings. The lowest BCUT2D eigenvalue weighted by Crippen LogP contribution is -2.18. The quantitative estimate of drug-likeness (QED) is 0.674. The van der Waals surface area contributed by atoms with Gasteiger partial charge in [-0.25, -0.2) is 0 Å². The second kappa shape index (κ2) is 5.82. The summed E-state index contributed by atoms with van der Waals surface area (Å²) in [5, 5.41) is 11.1. The van der Waals surface area contributed by atoms with E-state index in [1.165, 1.54) is 24.6 Å². The van der Waals surface area contributed by atoms with E-state index >= 15 is 0 Å². The van der Waals surface area contributed by atoms with Gasteiger partial charge in [0, 0.05) is 12.3 Å². The second-order valence-corrected chi connectivity index (χ2v) is 5.17. The first kappa shape index (κ1) is 14.0. The van der Waals surface area contributed by atoms with Crippen LogP contribution in [-0.4, -0.2) is 33.2 Å². The number of ether oxygens (including phenoxy) is 1. The van der Waals surface area contributed by atoms with Crippen molar-refractivity contribution in [3.8, 4) is 16.5 Å². The van der Waals surface area contributed by atoms with Gasteiger partial charge in [0.1, 0.15) is 5.69 Å². The number of rotatable bonds is 4. The number of pyridine rings is 1. The third-order valence-electron chi connectivity index (χ3n) is 2.81. The molecule has 0 saturated carbocycles. The van der Waals surface area contributed by atoms with E-state index in [-0.39, 0.29) is 22.8 Å². The number of methoxy groups -OCH3 is 1. The predicted octanol–water partition coefficient (Wildman–Crippen LogP) is 1.48. The van der Waals surface area contributed by atoms with E-state index in [2.05, 4.69) is 25.5 Å². The van der Waals surface area contributed by atoms with Gasteiger partial charge in [-0.3, -0.25) is 20.0 Å². The Bertz CT molecular complexity index is 853. The summed E-state index contributed by atoms with van der Waals surface area (Å²) in [6.45, 7) is 0. The summed E-state index contributed by atoms with van der Waals surface area (Å²) in [6, 6.07) is 4.93. The summed E-state index contributed by atoms with van der Waals surface area (Å²) < 4.78 is 4.84. The summed E-state index contributed by atoms with van der Waals surface area (Å²) in [7, 11) is 1.38. The van der Waals surface area contributed by atoms with Crippen molar-refractivity contribution in [3.05, 3.63) is 45.7 Å². The molecule has 112 valence electrons. The third kappa shape index (κ3) is 2.74. The van der Waals surface area contributed by atoms with Gasteiger partial charge in [-0.05, 0) is 11.4 Å². The highest BCUT2D eigenvalue weighted by Crippen LogP contribution is 2.21. The largest absolute Gasteiger partial charge is 0.491 e. The molecule has 3 rings (SSSR count). The number of H-pyrrole nitrogens is 2. The Morgan fingerprint density at radius 1 is 1.45 bits per heavy atom. The van der Waals surface area contributed by atoms with E-state index in [1.807, 2.05) is 17.5 Å². The fourth-order valence-electron chi connectivity index (χ4n) is 1.76. The van der Waals surface area contributed by atoms with Crippen LogP contribution in [0.5, 0.6) is 5.75 Å². The van der Waals surface area contributed by atoms with Gasteiger partial charge < -0.3 is 9.72 Å². The Labute approximate surface area is 128 Å². The number of hydrogen-bond acceptors (Lipinski definition) is 6. The van der Waals surface area contributed by atoms with Crippen LogP contribution in [0.15, 0.2) is 34.6 Å². The van der Waals surface area contributed by atoms with E-state index in [9.17, 15) is 9.59 Å².